The number of ether oxygens (including phenoxy) is 2. The Labute approximate surface area is 207 Å². The van der Waals surface area contributed by atoms with Crippen LogP contribution in [0.2, 0.25) is 0 Å². The lowest BCUT2D eigenvalue weighted by atomic mass is 9.97. The number of carbonyl (C=O) groups excluding carboxylic acids is 1. The van der Waals surface area contributed by atoms with Crippen molar-refractivity contribution in [1.82, 2.24) is 5.32 Å². The number of nitrogens with one attached hydrogen (secondary N) is 3. The third-order valence-corrected chi connectivity index (χ3v) is 6.17. The Kier molecular flexibility index (Phi) is 8.60. The van der Waals surface area contributed by atoms with Gasteiger partial charge >= 0.3 is 0 Å². The molecule has 35 heavy (non-hydrogen) atoms. The molecule has 1 heterocycles. The first kappa shape index (κ1) is 26.7. The van der Waals surface area contributed by atoms with Crippen LogP contribution in [0.5, 0.6) is 5.75 Å². The second kappa shape index (κ2) is 11.3. The van der Waals surface area contributed by atoms with Crippen molar-refractivity contribution in [2.24, 2.45) is 5.14 Å². The van der Waals surface area contributed by atoms with E-state index < -0.39 is 46.6 Å². The molecule has 190 valence electrons. The number of sulfonamides is 1. The van der Waals surface area contributed by atoms with Gasteiger partial charge in [0.2, 0.25) is 10.0 Å². The van der Waals surface area contributed by atoms with E-state index in [0.717, 1.165) is 0 Å². The Morgan fingerprint density at radius 3 is 2.14 bits per heavy atom. The Morgan fingerprint density at radius 1 is 1.00 bits per heavy atom. The molecule has 1 saturated heterocycles. The van der Waals surface area contributed by atoms with Crippen LogP contribution in [0.3, 0.4) is 0 Å². The second-order valence-corrected chi connectivity index (χ2v) is 9.53. The van der Waals surface area contributed by atoms with E-state index in [-0.39, 0.29) is 10.0 Å². The fourth-order valence-electron chi connectivity index (χ4n) is 3.25. The number of aliphatic hydroxyl groups excluding tert-OH is 3. The monoisotopic (exact) mass is 526 g/mol. The summed E-state index contributed by atoms with van der Waals surface area (Å²) in [5.41, 5.74) is 0.796. The van der Waals surface area contributed by atoms with Crippen molar-refractivity contribution in [3.8, 4) is 5.75 Å². The minimum Gasteiger partial charge on any atom is -0.494 e. The molecule has 1 aliphatic heterocycles. The number of benzene rings is 2. The Hall–Kier alpha value is -2.85. The zero-order valence-electron chi connectivity index (χ0n) is 18.5. The molecule has 1 aliphatic rings. The smallest absolute Gasteiger partial charge is 0.256 e. The molecule has 3 rings (SSSR count). The molecule has 1 amide bonds. The molecule has 2 aromatic rings. The number of hydrogen-bond acceptors (Lipinski definition) is 9. The molecule has 5 atom stereocenters. The number of carbonyl (C=O) groups is 1. The summed E-state index contributed by atoms with van der Waals surface area (Å²) >= 11 is 5.17. The van der Waals surface area contributed by atoms with Gasteiger partial charge in [-0.3, -0.25) is 4.79 Å². The van der Waals surface area contributed by atoms with E-state index in [4.69, 9.17) is 26.8 Å². The van der Waals surface area contributed by atoms with Crippen molar-refractivity contribution >= 4 is 44.6 Å². The highest BCUT2D eigenvalue weighted by molar-refractivity contribution is 7.89. The van der Waals surface area contributed by atoms with Gasteiger partial charge in [-0.15, -0.1) is 0 Å². The maximum atomic E-state index is 12.7. The largest absolute Gasteiger partial charge is 0.494 e. The highest BCUT2D eigenvalue weighted by Crippen LogP contribution is 2.23. The summed E-state index contributed by atoms with van der Waals surface area (Å²) in [7, 11) is -3.86. The van der Waals surface area contributed by atoms with Crippen LogP contribution in [-0.4, -0.2) is 72.0 Å². The minimum atomic E-state index is -3.86. The zero-order valence-corrected chi connectivity index (χ0v) is 20.1. The number of primary sulfonamides is 1. The van der Waals surface area contributed by atoms with Gasteiger partial charge in [0.25, 0.3) is 5.91 Å². The molecule has 0 unspecified atom stereocenters. The van der Waals surface area contributed by atoms with E-state index in [1.165, 1.54) is 24.3 Å². The molecule has 8 N–H and O–H groups in total. The van der Waals surface area contributed by atoms with Crippen molar-refractivity contribution in [1.29, 1.82) is 0 Å². The fraction of sp³-hybridized carbons (Fsp3) is 0.333. The van der Waals surface area contributed by atoms with E-state index in [2.05, 4.69) is 16.0 Å². The molecular weight excluding hydrogens is 500 g/mol. The van der Waals surface area contributed by atoms with Crippen LogP contribution in [0, 0.1) is 0 Å². The number of nitrogens with two attached hydrogens (primary N) is 1. The quantitative estimate of drug-likeness (QED) is 0.229. The van der Waals surface area contributed by atoms with Crippen molar-refractivity contribution < 1.29 is 38.0 Å². The van der Waals surface area contributed by atoms with Crippen LogP contribution in [0.25, 0.3) is 0 Å². The second-order valence-electron chi connectivity index (χ2n) is 7.56. The number of anilines is 2. The van der Waals surface area contributed by atoms with Crippen LogP contribution in [0.15, 0.2) is 53.4 Å². The number of amides is 1. The summed E-state index contributed by atoms with van der Waals surface area (Å²) in [4.78, 5) is 12.6. The van der Waals surface area contributed by atoms with Gasteiger partial charge in [0.05, 0.1) is 11.5 Å². The number of thiocarbonyl (C=S) groups is 1. The average Bonchev–Trinajstić information content (AvgIpc) is 2.80. The third-order valence-electron chi connectivity index (χ3n) is 5.02. The zero-order chi connectivity index (χ0) is 25.8. The standard InChI is InChI=1S/C21H26N4O8S2/c1-2-32-13-7-3-11(4-8-13)23-19(29)18-16(27)15(26)17(28)20(33-18)25-21(34)24-12-5-9-14(10-6-12)35(22,30)31/h3-10,15-18,20,26-28H,2H2,1H3,(H,23,29)(H2,22,30,31)(H2,24,25,34)/t15-,16-,17+,18-,20+/m0/s1. The number of hydrogen-bond donors (Lipinski definition) is 7. The van der Waals surface area contributed by atoms with Crippen molar-refractivity contribution in [3.63, 3.8) is 0 Å². The summed E-state index contributed by atoms with van der Waals surface area (Å²) < 4.78 is 33.6. The normalized spacial score (nSPS) is 24.3. The van der Waals surface area contributed by atoms with Gasteiger partial charge in [-0.1, -0.05) is 0 Å². The summed E-state index contributed by atoms with van der Waals surface area (Å²) in [6, 6.07) is 11.9. The van der Waals surface area contributed by atoms with Gasteiger partial charge in [-0.25, -0.2) is 13.6 Å². The van der Waals surface area contributed by atoms with E-state index in [1.807, 2.05) is 6.92 Å². The van der Waals surface area contributed by atoms with Gasteiger partial charge < -0.3 is 40.7 Å². The first-order valence-corrected chi connectivity index (χ1v) is 12.4. The summed E-state index contributed by atoms with van der Waals surface area (Å²) in [6.07, 6.45) is -7.93. The molecule has 14 heteroatoms. The average molecular weight is 527 g/mol. The molecule has 0 spiro atoms. The number of rotatable bonds is 7. The van der Waals surface area contributed by atoms with Crippen molar-refractivity contribution in [2.45, 2.75) is 42.5 Å². The lowest BCUT2D eigenvalue weighted by Crippen LogP contribution is -2.65. The van der Waals surface area contributed by atoms with Gasteiger partial charge in [0, 0.05) is 11.4 Å². The van der Waals surface area contributed by atoms with E-state index >= 15 is 0 Å². The maximum Gasteiger partial charge on any atom is 0.256 e. The highest BCUT2D eigenvalue weighted by atomic mass is 32.2. The lowest BCUT2D eigenvalue weighted by Gasteiger charge is -2.40. The van der Waals surface area contributed by atoms with Gasteiger partial charge in [0.1, 0.15) is 24.1 Å². The first-order valence-electron chi connectivity index (χ1n) is 10.4. The van der Waals surface area contributed by atoms with Crippen LogP contribution < -0.4 is 25.8 Å². The lowest BCUT2D eigenvalue weighted by molar-refractivity contribution is -0.221. The Bertz CT molecular complexity index is 1140. The minimum absolute atomic E-state index is 0.0633. The van der Waals surface area contributed by atoms with E-state index in [1.54, 1.807) is 24.3 Å². The van der Waals surface area contributed by atoms with E-state index in [9.17, 15) is 28.5 Å². The predicted molar refractivity (Wildman–Crippen MR) is 130 cm³/mol. The molecule has 0 radical (unpaired) electrons. The summed E-state index contributed by atoms with van der Waals surface area (Å²) in [6.45, 7) is 2.33. The molecule has 0 aromatic heterocycles. The first-order chi connectivity index (χ1) is 16.5. The summed E-state index contributed by atoms with van der Waals surface area (Å²) in [5.74, 6) is -0.139. The van der Waals surface area contributed by atoms with Crippen LogP contribution in [0.1, 0.15) is 6.92 Å². The SMILES string of the molecule is CCOc1ccc(NC(=O)[C@H]2O[C@@H](NC(=S)Nc3ccc(S(N)(=O)=O)cc3)[C@H](O)[C@@H](O)[C@@H]2O)cc1. The third kappa shape index (κ3) is 6.85. The predicted octanol–water partition coefficient (Wildman–Crippen LogP) is -0.535. The van der Waals surface area contributed by atoms with Gasteiger partial charge in [-0.2, -0.15) is 0 Å². The van der Waals surface area contributed by atoms with Crippen molar-refractivity contribution in [3.05, 3.63) is 48.5 Å². The topological polar surface area (TPSA) is 192 Å². The van der Waals surface area contributed by atoms with Crippen molar-refractivity contribution in [2.75, 3.05) is 17.2 Å². The molecule has 1 fully saturated rings. The van der Waals surface area contributed by atoms with Crippen LogP contribution in [0.4, 0.5) is 11.4 Å². The maximum absolute atomic E-state index is 12.7. The van der Waals surface area contributed by atoms with Crippen LogP contribution >= 0.6 is 12.2 Å². The molecule has 0 bridgehead atoms. The van der Waals surface area contributed by atoms with E-state index in [0.29, 0.717) is 23.7 Å². The van der Waals surface area contributed by atoms with Crippen LogP contribution in [-0.2, 0) is 19.6 Å². The molecule has 2 aromatic carbocycles. The molecule has 12 nitrogen and oxygen atoms in total. The van der Waals surface area contributed by atoms with Gasteiger partial charge in [-0.05, 0) is 67.7 Å². The molecular formula is C21H26N4O8S2. The molecule has 0 saturated carbocycles. The summed E-state index contributed by atoms with van der Waals surface area (Å²) in [5, 5.41) is 43.8. The van der Waals surface area contributed by atoms with Gasteiger partial charge in [0.15, 0.2) is 17.4 Å². The Morgan fingerprint density at radius 2 is 1.57 bits per heavy atom. The Balaban J connectivity index is 1.64. The number of aliphatic hydroxyl groups is 3. The highest BCUT2D eigenvalue weighted by Gasteiger charge is 2.47. The fourth-order valence-corrected chi connectivity index (χ4v) is 4.00. The molecule has 0 aliphatic carbocycles.